The zero-order chi connectivity index (χ0) is 24.1. The number of anilines is 1. The summed E-state index contributed by atoms with van der Waals surface area (Å²) >= 11 is 5.90. The third kappa shape index (κ3) is 5.32. The molecule has 3 aromatic rings. The van der Waals surface area contributed by atoms with Crippen LogP contribution in [-0.2, 0) is 11.3 Å². The smallest absolute Gasteiger partial charge is 0.291 e. The molecule has 1 aliphatic heterocycles. The lowest BCUT2D eigenvalue weighted by molar-refractivity contribution is -0.115. The van der Waals surface area contributed by atoms with Crippen LogP contribution in [0.1, 0.15) is 28.4 Å². The summed E-state index contributed by atoms with van der Waals surface area (Å²) < 4.78 is 16.6. The Morgan fingerprint density at radius 3 is 2.62 bits per heavy atom. The number of amides is 2. The summed E-state index contributed by atoms with van der Waals surface area (Å²) in [7, 11) is 1.58. The fourth-order valence-corrected chi connectivity index (χ4v) is 3.52. The number of ether oxygens (including phenoxy) is 3. The van der Waals surface area contributed by atoms with E-state index in [2.05, 4.69) is 10.6 Å². The lowest BCUT2D eigenvalue weighted by Crippen LogP contribution is -2.25. The van der Waals surface area contributed by atoms with Gasteiger partial charge in [0, 0.05) is 17.1 Å². The van der Waals surface area contributed by atoms with Crippen LogP contribution in [0.15, 0.2) is 66.4 Å². The molecule has 2 amide bonds. The van der Waals surface area contributed by atoms with Gasteiger partial charge in [-0.2, -0.15) is 0 Å². The zero-order valence-corrected chi connectivity index (χ0v) is 19.4. The predicted octanol–water partition coefficient (Wildman–Crippen LogP) is 5.05. The minimum Gasteiger partial charge on any atom is -0.493 e. The number of rotatable bonds is 7. The van der Waals surface area contributed by atoms with Crippen LogP contribution >= 0.6 is 11.6 Å². The Labute approximate surface area is 202 Å². The average Bonchev–Trinajstić information content (AvgIpc) is 2.84. The lowest BCUT2D eigenvalue weighted by Gasteiger charge is -2.20. The maximum absolute atomic E-state index is 12.7. The molecule has 0 bridgehead atoms. The van der Waals surface area contributed by atoms with Gasteiger partial charge in [0.05, 0.1) is 19.4 Å². The Bertz CT molecular complexity index is 1250. The Balaban J connectivity index is 1.44. The van der Waals surface area contributed by atoms with Gasteiger partial charge >= 0.3 is 0 Å². The van der Waals surface area contributed by atoms with E-state index in [-0.39, 0.29) is 11.7 Å². The highest BCUT2D eigenvalue weighted by Gasteiger charge is 2.23. The minimum atomic E-state index is -0.401. The van der Waals surface area contributed by atoms with E-state index >= 15 is 0 Å². The van der Waals surface area contributed by atoms with Crippen molar-refractivity contribution in [1.29, 1.82) is 0 Å². The van der Waals surface area contributed by atoms with Gasteiger partial charge in [0.2, 0.25) is 0 Å². The van der Waals surface area contributed by atoms with Gasteiger partial charge in [0.15, 0.2) is 23.0 Å². The van der Waals surface area contributed by atoms with Gasteiger partial charge in [-0.05, 0) is 66.6 Å². The number of benzene rings is 3. The van der Waals surface area contributed by atoms with E-state index in [4.69, 9.17) is 25.8 Å². The van der Waals surface area contributed by atoms with E-state index in [1.54, 1.807) is 61.7 Å². The lowest BCUT2D eigenvalue weighted by atomic mass is 10.1. The van der Waals surface area contributed by atoms with Crippen molar-refractivity contribution in [2.75, 3.05) is 19.0 Å². The van der Waals surface area contributed by atoms with Gasteiger partial charge in [-0.15, -0.1) is 0 Å². The first-order valence-corrected chi connectivity index (χ1v) is 11.0. The Morgan fingerprint density at radius 1 is 1.09 bits per heavy atom. The number of methoxy groups -OCH3 is 1. The molecule has 0 atom stereocenters. The molecule has 7 nitrogen and oxygen atoms in total. The third-order valence-corrected chi connectivity index (χ3v) is 5.33. The highest BCUT2D eigenvalue weighted by atomic mass is 35.5. The molecule has 0 spiro atoms. The van der Waals surface area contributed by atoms with Crippen molar-refractivity contribution < 1.29 is 23.8 Å². The van der Waals surface area contributed by atoms with Crippen LogP contribution in [0.3, 0.4) is 0 Å². The molecule has 0 radical (unpaired) electrons. The zero-order valence-electron chi connectivity index (χ0n) is 18.7. The van der Waals surface area contributed by atoms with Crippen molar-refractivity contribution >= 4 is 35.2 Å². The molecule has 0 unspecified atom stereocenters. The van der Waals surface area contributed by atoms with Crippen molar-refractivity contribution in [3.05, 3.63) is 88.1 Å². The fourth-order valence-electron chi connectivity index (χ4n) is 3.40. The van der Waals surface area contributed by atoms with E-state index < -0.39 is 5.91 Å². The number of nitrogens with one attached hydrogen (secondary N) is 2. The second-order valence-electron chi connectivity index (χ2n) is 7.43. The Morgan fingerprint density at radius 2 is 1.88 bits per heavy atom. The molecule has 0 fully saturated rings. The van der Waals surface area contributed by atoms with Crippen LogP contribution < -0.4 is 24.8 Å². The number of carbonyl (C=O) groups excluding carboxylic acids is 2. The molecular weight excluding hydrogens is 456 g/mol. The molecule has 3 aromatic carbocycles. The van der Waals surface area contributed by atoms with E-state index in [1.165, 1.54) is 0 Å². The predicted molar refractivity (Wildman–Crippen MR) is 130 cm³/mol. The van der Waals surface area contributed by atoms with Gasteiger partial charge in [0.1, 0.15) is 0 Å². The second kappa shape index (κ2) is 10.3. The van der Waals surface area contributed by atoms with E-state index in [1.807, 2.05) is 19.1 Å². The topological polar surface area (TPSA) is 85.9 Å². The quantitative estimate of drug-likeness (QED) is 0.464. The van der Waals surface area contributed by atoms with Gasteiger partial charge < -0.3 is 24.8 Å². The molecule has 1 heterocycles. The Hall–Kier alpha value is -3.97. The fraction of sp³-hybridized carbons (Fsp3) is 0.154. The molecule has 0 aromatic heterocycles. The summed E-state index contributed by atoms with van der Waals surface area (Å²) in [5, 5.41) is 6.26. The molecule has 1 aliphatic rings. The third-order valence-electron chi connectivity index (χ3n) is 5.08. The summed E-state index contributed by atoms with van der Waals surface area (Å²) in [6.07, 6.45) is 1.63. The first kappa shape index (κ1) is 23.2. The van der Waals surface area contributed by atoms with Crippen LogP contribution in [0.5, 0.6) is 17.2 Å². The van der Waals surface area contributed by atoms with E-state index in [0.717, 1.165) is 11.1 Å². The molecule has 8 heteroatoms. The highest BCUT2D eigenvalue weighted by Crippen LogP contribution is 2.33. The van der Waals surface area contributed by atoms with E-state index in [0.29, 0.717) is 46.7 Å². The van der Waals surface area contributed by atoms with Crippen molar-refractivity contribution in [3.63, 3.8) is 0 Å². The first-order chi connectivity index (χ1) is 16.5. The molecule has 0 aliphatic carbocycles. The van der Waals surface area contributed by atoms with Crippen LogP contribution in [0.4, 0.5) is 5.69 Å². The van der Waals surface area contributed by atoms with Crippen LogP contribution in [0, 0.1) is 0 Å². The number of carbonyl (C=O) groups is 2. The standard InChI is InChI=1S/C26H23ClN2O5/c1-3-33-23-13-17(6-10-22(23)32-2)15-28-25(30)18-7-11-21-20(14-18)29-26(31)24(34-21)12-16-4-8-19(27)9-5-16/h4-14H,3,15H2,1-2H3,(H,28,30)(H,29,31)/b24-12+. The number of halogens is 1. The molecule has 2 N–H and O–H groups in total. The normalized spacial score (nSPS) is 13.5. The molecule has 34 heavy (non-hydrogen) atoms. The Kier molecular flexibility index (Phi) is 7.04. The first-order valence-electron chi connectivity index (χ1n) is 10.6. The summed E-state index contributed by atoms with van der Waals surface area (Å²) in [4.78, 5) is 25.2. The van der Waals surface area contributed by atoms with Crippen molar-refractivity contribution in [2.45, 2.75) is 13.5 Å². The van der Waals surface area contributed by atoms with Gasteiger partial charge in [0.25, 0.3) is 11.8 Å². The summed E-state index contributed by atoms with van der Waals surface area (Å²) in [6.45, 7) is 2.70. The molecule has 0 saturated heterocycles. The molecule has 0 saturated carbocycles. The number of fused-ring (bicyclic) bond motifs is 1. The van der Waals surface area contributed by atoms with Crippen molar-refractivity contribution in [1.82, 2.24) is 5.32 Å². The monoisotopic (exact) mass is 478 g/mol. The second-order valence-corrected chi connectivity index (χ2v) is 7.86. The summed E-state index contributed by atoms with van der Waals surface area (Å²) in [6, 6.07) is 17.4. The van der Waals surface area contributed by atoms with Crippen molar-refractivity contribution in [3.8, 4) is 17.2 Å². The van der Waals surface area contributed by atoms with Crippen molar-refractivity contribution in [2.24, 2.45) is 0 Å². The number of hydrogen-bond acceptors (Lipinski definition) is 5. The van der Waals surface area contributed by atoms with Crippen LogP contribution in [0.25, 0.3) is 6.08 Å². The van der Waals surface area contributed by atoms with Crippen LogP contribution in [0.2, 0.25) is 5.02 Å². The number of hydrogen-bond donors (Lipinski definition) is 2. The highest BCUT2D eigenvalue weighted by molar-refractivity contribution is 6.30. The molecule has 4 rings (SSSR count). The maximum Gasteiger partial charge on any atom is 0.291 e. The maximum atomic E-state index is 12.7. The SMILES string of the molecule is CCOc1cc(CNC(=O)c2ccc3c(c2)NC(=O)/C(=C\c2ccc(Cl)cc2)O3)ccc1OC. The molecular formula is C26H23ClN2O5. The minimum absolute atomic E-state index is 0.150. The van der Waals surface area contributed by atoms with Crippen LogP contribution in [-0.4, -0.2) is 25.5 Å². The molecule has 174 valence electrons. The largest absolute Gasteiger partial charge is 0.493 e. The van der Waals surface area contributed by atoms with Gasteiger partial charge in [-0.25, -0.2) is 0 Å². The average molecular weight is 479 g/mol. The summed E-state index contributed by atoms with van der Waals surface area (Å²) in [5.41, 5.74) is 2.46. The van der Waals surface area contributed by atoms with E-state index in [9.17, 15) is 9.59 Å². The summed E-state index contributed by atoms with van der Waals surface area (Å²) in [5.74, 6) is 1.17. The van der Waals surface area contributed by atoms with Gasteiger partial charge in [-0.3, -0.25) is 9.59 Å². The van der Waals surface area contributed by atoms with Gasteiger partial charge in [-0.1, -0.05) is 29.8 Å².